The number of benzene rings is 1. The fourth-order valence-corrected chi connectivity index (χ4v) is 3.85. The van der Waals surface area contributed by atoms with Gasteiger partial charge in [-0.05, 0) is 60.9 Å². The fraction of sp³-hybridized carbons (Fsp3) is 0.500. The molecule has 0 N–H and O–H groups in total. The fourth-order valence-electron chi connectivity index (χ4n) is 3.85. The molecule has 24 heavy (non-hydrogen) atoms. The van der Waals surface area contributed by atoms with E-state index < -0.39 is 0 Å². The highest BCUT2D eigenvalue weighted by molar-refractivity contribution is 5.60. The molecule has 0 aliphatic heterocycles. The first kappa shape index (κ1) is 17.1. The number of hydrogen-bond donors (Lipinski definition) is 0. The van der Waals surface area contributed by atoms with Crippen LogP contribution in [0.2, 0.25) is 0 Å². The van der Waals surface area contributed by atoms with Crippen LogP contribution in [0.15, 0.2) is 36.5 Å². The van der Waals surface area contributed by atoms with E-state index in [1.807, 2.05) is 25.1 Å². The van der Waals surface area contributed by atoms with E-state index >= 15 is 0 Å². The lowest BCUT2D eigenvalue weighted by atomic mass is 9.78. The van der Waals surface area contributed by atoms with Crippen molar-refractivity contribution in [2.24, 2.45) is 11.8 Å². The zero-order valence-corrected chi connectivity index (χ0v) is 14.9. The van der Waals surface area contributed by atoms with Crippen LogP contribution < -0.4 is 0 Å². The average molecular weight is 325 g/mol. The van der Waals surface area contributed by atoms with Gasteiger partial charge in [0.2, 0.25) is 0 Å². The molecule has 0 radical (unpaired) electrons. The third-order valence-electron chi connectivity index (χ3n) is 5.61. The van der Waals surface area contributed by atoms with Crippen molar-refractivity contribution in [2.45, 2.75) is 58.8 Å². The summed E-state index contributed by atoms with van der Waals surface area (Å²) in [7, 11) is 0. The summed E-state index contributed by atoms with van der Waals surface area (Å²) < 4.78 is 14.5. The minimum Gasteiger partial charge on any atom is -0.256 e. The molecule has 1 aliphatic carbocycles. The summed E-state index contributed by atoms with van der Waals surface area (Å²) in [5, 5.41) is 0. The van der Waals surface area contributed by atoms with Crippen LogP contribution in [0.3, 0.4) is 0 Å². The summed E-state index contributed by atoms with van der Waals surface area (Å²) in [6, 6.07) is 9.52. The molecule has 2 heteroatoms. The van der Waals surface area contributed by atoms with Gasteiger partial charge in [0, 0.05) is 11.8 Å². The third kappa shape index (κ3) is 4.23. The minimum absolute atomic E-state index is 0.154. The highest BCUT2D eigenvalue weighted by Crippen LogP contribution is 2.33. The first-order valence-electron chi connectivity index (χ1n) is 9.37. The average Bonchev–Trinajstić information content (AvgIpc) is 2.61. The van der Waals surface area contributed by atoms with Crippen LogP contribution in [0.5, 0.6) is 0 Å². The molecule has 1 nitrogen and oxygen atoms in total. The standard InChI is InChI=1S/C22H28FN/c1-3-17-5-7-18(8-6-17)9-10-19-11-12-20(21(23)14-19)22-13-4-16(2)15-24-22/h4,11-15,17-18H,3,5-10H2,1-2H3/t17-,18-. The Kier molecular flexibility index (Phi) is 5.65. The molecule has 1 aliphatic rings. The first-order valence-corrected chi connectivity index (χ1v) is 9.37. The van der Waals surface area contributed by atoms with E-state index in [0.29, 0.717) is 11.3 Å². The van der Waals surface area contributed by atoms with Gasteiger partial charge in [-0.1, -0.05) is 51.2 Å². The lowest BCUT2D eigenvalue weighted by Gasteiger charge is -2.27. The largest absolute Gasteiger partial charge is 0.256 e. The van der Waals surface area contributed by atoms with E-state index in [1.165, 1.54) is 38.5 Å². The normalized spacial score (nSPS) is 21.0. The van der Waals surface area contributed by atoms with Crippen LogP contribution in [-0.4, -0.2) is 4.98 Å². The minimum atomic E-state index is -0.154. The Morgan fingerprint density at radius 3 is 2.42 bits per heavy atom. The van der Waals surface area contributed by atoms with E-state index in [-0.39, 0.29) is 5.82 Å². The zero-order chi connectivity index (χ0) is 16.9. The number of pyridine rings is 1. The molecule has 3 rings (SSSR count). The maximum atomic E-state index is 14.5. The van der Waals surface area contributed by atoms with Crippen molar-refractivity contribution in [1.29, 1.82) is 0 Å². The van der Waals surface area contributed by atoms with E-state index in [2.05, 4.69) is 18.0 Å². The molecule has 0 atom stereocenters. The Labute approximate surface area is 145 Å². The van der Waals surface area contributed by atoms with Crippen molar-refractivity contribution in [3.63, 3.8) is 0 Å². The number of aromatic nitrogens is 1. The van der Waals surface area contributed by atoms with Gasteiger partial charge in [-0.2, -0.15) is 0 Å². The predicted molar refractivity (Wildman–Crippen MR) is 98.4 cm³/mol. The maximum absolute atomic E-state index is 14.5. The molecule has 0 saturated heterocycles. The molecule has 0 unspecified atom stereocenters. The number of rotatable bonds is 5. The van der Waals surface area contributed by atoms with E-state index in [9.17, 15) is 4.39 Å². The molecular formula is C22H28FN. The number of nitrogens with zero attached hydrogens (tertiary/aromatic N) is 1. The monoisotopic (exact) mass is 325 g/mol. The second-order valence-electron chi connectivity index (χ2n) is 7.37. The Morgan fingerprint density at radius 1 is 1.04 bits per heavy atom. The van der Waals surface area contributed by atoms with Crippen molar-refractivity contribution in [3.05, 3.63) is 53.5 Å². The van der Waals surface area contributed by atoms with Crippen LogP contribution in [0.25, 0.3) is 11.3 Å². The van der Waals surface area contributed by atoms with Gasteiger partial charge in [0.1, 0.15) is 5.82 Å². The highest BCUT2D eigenvalue weighted by Gasteiger charge is 2.19. The van der Waals surface area contributed by atoms with Gasteiger partial charge in [0.25, 0.3) is 0 Å². The summed E-state index contributed by atoms with van der Waals surface area (Å²) in [6.45, 7) is 4.29. The summed E-state index contributed by atoms with van der Waals surface area (Å²) in [6.07, 6.45) is 10.8. The smallest absolute Gasteiger partial charge is 0.132 e. The van der Waals surface area contributed by atoms with Crippen LogP contribution >= 0.6 is 0 Å². The van der Waals surface area contributed by atoms with Gasteiger partial charge in [0.05, 0.1) is 5.69 Å². The molecule has 1 fully saturated rings. The molecule has 1 saturated carbocycles. The Hall–Kier alpha value is -1.70. The molecule has 1 aromatic carbocycles. The Bertz CT molecular complexity index is 654. The number of hydrogen-bond acceptors (Lipinski definition) is 1. The molecule has 0 amide bonds. The highest BCUT2D eigenvalue weighted by atomic mass is 19.1. The summed E-state index contributed by atoms with van der Waals surface area (Å²) in [4.78, 5) is 4.33. The van der Waals surface area contributed by atoms with Crippen molar-refractivity contribution in [1.82, 2.24) is 4.98 Å². The van der Waals surface area contributed by atoms with Crippen molar-refractivity contribution < 1.29 is 4.39 Å². The van der Waals surface area contributed by atoms with E-state index in [0.717, 1.165) is 29.4 Å². The van der Waals surface area contributed by atoms with E-state index in [1.54, 1.807) is 12.3 Å². The number of halogens is 1. The van der Waals surface area contributed by atoms with E-state index in [4.69, 9.17) is 0 Å². The van der Waals surface area contributed by atoms with Crippen LogP contribution in [-0.2, 0) is 6.42 Å². The maximum Gasteiger partial charge on any atom is 0.132 e. The SMILES string of the molecule is CC[C@H]1CC[C@H](CCc2ccc(-c3ccc(C)cn3)c(F)c2)CC1. The van der Waals surface area contributed by atoms with Crippen LogP contribution in [0, 0.1) is 24.6 Å². The van der Waals surface area contributed by atoms with Gasteiger partial charge < -0.3 is 0 Å². The van der Waals surface area contributed by atoms with Crippen molar-refractivity contribution >= 4 is 0 Å². The molecule has 1 aromatic heterocycles. The molecule has 0 spiro atoms. The number of aryl methyl sites for hydroxylation is 2. The third-order valence-corrected chi connectivity index (χ3v) is 5.61. The second kappa shape index (κ2) is 7.92. The lowest BCUT2D eigenvalue weighted by molar-refractivity contribution is 0.259. The second-order valence-corrected chi connectivity index (χ2v) is 7.37. The lowest BCUT2D eigenvalue weighted by Crippen LogP contribution is -2.14. The summed E-state index contributed by atoms with van der Waals surface area (Å²) in [5.41, 5.74) is 3.51. The van der Waals surface area contributed by atoms with Crippen molar-refractivity contribution in [3.8, 4) is 11.3 Å². The molecule has 2 aromatic rings. The van der Waals surface area contributed by atoms with Gasteiger partial charge in [-0.15, -0.1) is 0 Å². The quantitative estimate of drug-likeness (QED) is 0.624. The Morgan fingerprint density at radius 2 is 1.79 bits per heavy atom. The summed E-state index contributed by atoms with van der Waals surface area (Å²) >= 11 is 0. The Balaban J connectivity index is 1.60. The van der Waals surface area contributed by atoms with Gasteiger partial charge in [-0.3, -0.25) is 4.98 Å². The molecule has 1 heterocycles. The van der Waals surface area contributed by atoms with Crippen LogP contribution in [0.1, 0.15) is 56.6 Å². The van der Waals surface area contributed by atoms with Crippen molar-refractivity contribution in [2.75, 3.05) is 0 Å². The molecule has 0 bridgehead atoms. The summed E-state index contributed by atoms with van der Waals surface area (Å²) in [5.74, 6) is 1.62. The first-order chi connectivity index (χ1) is 11.7. The molecule has 128 valence electrons. The van der Waals surface area contributed by atoms with Gasteiger partial charge in [-0.25, -0.2) is 4.39 Å². The topological polar surface area (TPSA) is 12.9 Å². The predicted octanol–water partition coefficient (Wildman–Crippen LogP) is 6.35. The zero-order valence-electron chi connectivity index (χ0n) is 14.9. The molecular weight excluding hydrogens is 297 g/mol. The van der Waals surface area contributed by atoms with Gasteiger partial charge in [0.15, 0.2) is 0 Å². The van der Waals surface area contributed by atoms with Gasteiger partial charge >= 0.3 is 0 Å². The van der Waals surface area contributed by atoms with Crippen LogP contribution in [0.4, 0.5) is 4.39 Å².